The number of carbonyl (C=O) groups excluding carboxylic acids is 1. The molecule has 5 heteroatoms. The van der Waals surface area contributed by atoms with Gasteiger partial charge in [-0.15, -0.1) is 0 Å². The lowest BCUT2D eigenvalue weighted by molar-refractivity contribution is 0.254. The molecule has 0 aromatic rings. The summed E-state index contributed by atoms with van der Waals surface area (Å²) in [5.74, 6) is 0. The number of amides is 2. The lowest BCUT2D eigenvalue weighted by atomic mass is 11.2. The van der Waals surface area contributed by atoms with Crippen molar-refractivity contribution >= 4 is 17.0 Å². The molecule has 0 aromatic carbocycles. The molecular weight excluding hydrogens is 116 g/mol. The van der Waals surface area contributed by atoms with Crippen LogP contribution < -0.4 is 10.5 Å². The third-order valence-corrected chi connectivity index (χ3v) is 0.733. The predicted octanol–water partition coefficient (Wildman–Crippen LogP) is -1.05. The number of carbonyl (C=O) groups is 1. The Labute approximate surface area is 43.7 Å². The van der Waals surface area contributed by atoms with Crippen LogP contribution in [-0.4, -0.2) is 16.5 Å². The third kappa shape index (κ3) is 5.42. The number of primary amides is 1. The van der Waals surface area contributed by atoms with Gasteiger partial charge in [0.05, 0.1) is 0 Å². The number of nitrogens with two attached hydrogens (primary N) is 1. The lowest BCUT2D eigenvalue weighted by Gasteiger charge is -1.89. The predicted molar refractivity (Wildman–Crippen MR) is 26.8 cm³/mol. The second-order valence-electron chi connectivity index (χ2n) is 0.920. The number of hydrogen-bond donors (Lipinski definition) is 2. The van der Waals surface area contributed by atoms with Gasteiger partial charge in [-0.1, -0.05) is 0 Å². The fourth-order valence-electron chi connectivity index (χ4n) is 0.142. The van der Waals surface area contributed by atoms with E-state index in [2.05, 4.69) is 5.73 Å². The van der Waals surface area contributed by atoms with Gasteiger partial charge in [-0.25, -0.2) is 9.00 Å². The van der Waals surface area contributed by atoms with Crippen molar-refractivity contribution in [3.8, 4) is 0 Å². The molecule has 42 valence electrons. The fourth-order valence-corrected chi connectivity index (χ4v) is 0.425. The Kier molecular flexibility index (Phi) is 2.36. The molecule has 2 amide bonds. The van der Waals surface area contributed by atoms with E-state index < -0.39 is 17.0 Å². The zero-order chi connectivity index (χ0) is 5.86. The first-order valence-electron chi connectivity index (χ1n) is 1.52. The molecule has 0 heterocycles. The number of urea groups is 1. The van der Waals surface area contributed by atoms with Gasteiger partial charge in [0.25, 0.3) is 0 Å². The van der Waals surface area contributed by atoms with Crippen molar-refractivity contribution in [3.05, 3.63) is 0 Å². The van der Waals surface area contributed by atoms with Gasteiger partial charge in [-0.2, -0.15) is 0 Å². The van der Waals surface area contributed by atoms with Crippen molar-refractivity contribution in [2.75, 3.05) is 6.26 Å². The SMILES string of the molecule is CS(=O)NC(N)=O. The summed E-state index contributed by atoms with van der Waals surface area (Å²) in [4.78, 5) is 9.73. The van der Waals surface area contributed by atoms with Gasteiger partial charge in [0.15, 0.2) is 0 Å². The monoisotopic (exact) mass is 122 g/mol. The molecule has 0 rings (SSSR count). The van der Waals surface area contributed by atoms with E-state index in [1.165, 1.54) is 6.26 Å². The van der Waals surface area contributed by atoms with E-state index in [0.29, 0.717) is 0 Å². The molecule has 1 unspecified atom stereocenters. The molecule has 7 heavy (non-hydrogen) atoms. The summed E-state index contributed by atoms with van der Waals surface area (Å²) in [7, 11) is -1.32. The highest BCUT2D eigenvalue weighted by atomic mass is 32.2. The van der Waals surface area contributed by atoms with Gasteiger partial charge in [0.1, 0.15) is 11.0 Å². The molecule has 0 bridgehead atoms. The Balaban J connectivity index is 3.32. The summed E-state index contributed by atoms with van der Waals surface area (Å²) < 4.78 is 11.9. The Hall–Kier alpha value is -0.580. The van der Waals surface area contributed by atoms with Gasteiger partial charge < -0.3 is 5.73 Å². The molecule has 0 aliphatic rings. The van der Waals surface area contributed by atoms with E-state index >= 15 is 0 Å². The van der Waals surface area contributed by atoms with E-state index in [9.17, 15) is 9.00 Å². The Morgan fingerprint density at radius 3 is 2.29 bits per heavy atom. The molecule has 3 N–H and O–H groups in total. The average molecular weight is 122 g/mol. The zero-order valence-electron chi connectivity index (χ0n) is 3.80. The average Bonchev–Trinajstić information content (AvgIpc) is 1.27. The summed E-state index contributed by atoms with van der Waals surface area (Å²) in [6.45, 7) is 0. The van der Waals surface area contributed by atoms with Crippen LogP contribution in [0.2, 0.25) is 0 Å². The first-order chi connectivity index (χ1) is 3.13. The maximum atomic E-state index is 9.95. The largest absolute Gasteiger partial charge is 0.351 e. The second-order valence-corrected chi connectivity index (χ2v) is 2.03. The first-order valence-corrected chi connectivity index (χ1v) is 3.08. The van der Waals surface area contributed by atoms with E-state index in [1.54, 1.807) is 0 Å². The quantitative estimate of drug-likeness (QED) is 0.465. The van der Waals surface area contributed by atoms with Crippen LogP contribution in [0.1, 0.15) is 0 Å². The Bertz CT molecular complexity index is 89.9. The Morgan fingerprint density at radius 1 is 1.86 bits per heavy atom. The van der Waals surface area contributed by atoms with E-state index in [-0.39, 0.29) is 0 Å². The molecular formula is C2H6N2O2S. The summed E-state index contributed by atoms with van der Waals surface area (Å²) >= 11 is 0. The van der Waals surface area contributed by atoms with Crippen molar-refractivity contribution in [3.63, 3.8) is 0 Å². The van der Waals surface area contributed by atoms with Gasteiger partial charge in [-0.3, -0.25) is 4.72 Å². The van der Waals surface area contributed by atoms with Crippen LogP contribution in [-0.2, 0) is 11.0 Å². The number of rotatable bonds is 1. The highest BCUT2D eigenvalue weighted by Crippen LogP contribution is 1.58. The molecule has 1 atom stereocenters. The van der Waals surface area contributed by atoms with Crippen LogP contribution in [0.25, 0.3) is 0 Å². The maximum absolute atomic E-state index is 9.95. The van der Waals surface area contributed by atoms with Gasteiger partial charge in [0.2, 0.25) is 0 Å². The summed E-state index contributed by atoms with van der Waals surface area (Å²) in [5, 5.41) is 0. The van der Waals surface area contributed by atoms with Crippen LogP contribution in [0.5, 0.6) is 0 Å². The van der Waals surface area contributed by atoms with Crippen LogP contribution in [0, 0.1) is 0 Å². The summed E-state index contributed by atoms with van der Waals surface area (Å²) in [6, 6.07) is -0.763. The molecule has 0 aromatic heterocycles. The van der Waals surface area contributed by atoms with Crippen LogP contribution >= 0.6 is 0 Å². The van der Waals surface area contributed by atoms with Gasteiger partial charge in [-0.05, 0) is 0 Å². The molecule has 0 spiro atoms. The van der Waals surface area contributed by atoms with Gasteiger partial charge >= 0.3 is 6.03 Å². The minimum atomic E-state index is -1.32. The van der Waals surface area contributed by atoms with Crippen LogP contribution in [0.15, 0.2) is 0 Å². The van der Waals surface area contributed by atoms with Crippen molar-refractivity contribution < 1.29 is 9.00 Å². The molecule has 0 fully saturated rings. The van der Waals surface area contributed by atoms with Crippen molar-refractivity contribution in [2.45, 2.75) is 0 Å². The minimum Gasteiger partial charge on any atom is -0.351 e. The third-order valence-electron chi connectivity index (χ3n) is 0.244. The van der Waals surface area contributed by atoms with Crippen molar-refractivity contribution in [1.29, 1.82) is 0 Å². The molecule has 0 saturated carbocycles. The number of nitrogens with one attached hydrogen (secondary N) is 1. The molecule has 0 radical (unpaired) electrons. The molecule has 0 aliphatic carbocycles. The highest BCUT2D eigenvalue weighted by Gasteiger charge is 1.89. The molecule has 4 nitrogen and oxygen atoms in total. The highest BCUT2D eigenvalue weighted by molar-refractivity contribution is 7.82. The summed E-state index contributed by atoms with van der Waals surface area (Å²) in [5.41, 5.74) is 4.55. The smallest absolute Gasteiger partial charge is 0.323 e. The van der Waals surface area contributed by atoms with E-state index in [0.717, 1.165) is 0 Å². The first kappa shape index (κ1) is 6.42. The number of hydrogen-bond acceptors (Lipinski definition) is 2. The zero-order valence-corrected chi connectivity index (χ0v) is 4.62. The lowest BCUT2D eigenvalue weighted by Crippen LogP contribution is -2.30. The van der Waals surface area contributed by atoms with Crippen molar-refractivity contribution in [1.82, 2.24) is 4.72 Å². The second kappa shape index (κ2) is 2.57. The van der Waals surface area contributed by atoms with Crippen LogP contribution in [0.3, 0.4) is 0 Å². The van der Waals surface area contributed by atoms with E-state index in [1.807, 2.05) is 4.72 Å². The summed E-state index contributed by atoms with van der Waals surface area (Å²) in [6.07, 6.45) is 1.32. The normalized spacial score (nSPS) is 12.7. The molecule has 0 aliphatic heterocycles. The maximum Gasteiger partial charge on any atom is 0.323 e. The van der Waals surface area contributed by atoms with E-state index in [4.69, 9.17) is 0 Å². The Morgan fingerprint density at radius 2 is 2.29 bits per heavy atom. The topological polar surface area (TPSA) is 72.2 Å². The van der Waals surface area contributed by atoms with Crippen LogP contribution in [0.4, 0.5) is 4.79 Å². The van der Waals surface area contributed by atoms with Gasteiger partial charge in [0, 0.05) is 6.26 Å². The molecule has 0 saturated heterocycles. The standard InChI is InChI=1S/C2H6N2O2S/c1-7(6)4-2(3)5/h1H3,(H3,3,4,5). The fraction of sp³-hybridized carbons (Fsp3) is 0.500. The van der Waals surface area contributed by atoms with Crippen molar-refractivity contribution in [2.24, 2.45) is 5.73 Å². The minimum absolute atomic E-state index is 0.763.